The quantitative estimate of drug-likeness (QED) is 0.354. The average molecular weight is 615 g/mol. The van der Waals surface area contributed by atoms with E-state index >= 15 is 0 Å². The summed E-state index contributed by atoms with van der Waals surface area (Å²) in [5, 5.41) is 8.55. The van der Waals surface area contributed by atoms with Gasteiger partial charge in [0.2, 0.25) is 17.7 Å². The Morgan fingerprint density at radius 1 is 1.04 bits per heavy atom. The van der Waals surface area contributed by atoms with Gasteiger partial charge in [0.1, 0.15) is 24.4 Å². The number of likely N-dealkylation sites (N-methyl/N-ethyl adjacent to an activating group) is 1. The zero-order valence-electron chi connectivity index (χ0n) is 26.1. The number of ether oxygens (including phenoxy) is 1. The number of aromatic nitrogens is 2. The monoisotopic (exact) mass is 614 g/mol. The van der Waals surface area contributed by atoms with Crippen LogP contribution in [0.2, 0.25) is 0 Å². The van der Waals surface area contributed by atoms with Crippen molar-refractivity contribution < 1.29 is 23.9 Å². The van der Waals surface area contributed by atoms with Gasteiger partial charge in [-0.25, -0.2) is 0 Å². The third-order valence-electron chi connectivity index (χ3n) is 7.69. The highest BCUT2D eigenvalue weighted by molar-refractivity contribution is 5.99. The maximum Gasteiger partial charge on any atom is 0.255 e. The van der Waals surface area contributed by atoms with Crippen molar-refractivity contribution in [3.8, 4) is 5.75 Å². The molecule has 1 aliphatic heterocycles. The molecule has 0 saturated carbocycles. The van der Waals surface area contributed by atoms with E-state index in [0.29, 0.717) is 30.7 Å². The van der Waals surface area contributed by atoms with Crippen LogP contribution in [-0.2, 0) is 27.2 Å². The number of fused-ring (bicyclic) bond motifs is 1. The molecule has 3 atom stereocenters. The fraction of sp³-hybridized carbons (Fsp3) is 0.412. The van der Waals surface area contributed by atoms with Crippen LogP contribution < -0.4 is 20.7 Å². The molecule has 11 heteroatoms. The van der Waals surface area contributed by atoms with Crippen LogP contribution in [0.25, 0.3) is 0 Å². The summed E-state index contributed by atoms with van der Waals surface area (Å²) in [5.41, 5.74) is 1.98. The Hall–Kier alpha value is -4.80. The van der Waals surface area contributed by atoms with Gasteiger partial charge >= 0.3 is 0 Å². The maximum absolute atomic E-state index is 13.9. The molecule has 0 unspecified atom stereocenters. The van der Waals surface area contributed by atoms with E-state index in [2.05, 4.69) is 25.9 Å². The Bertz CT molecular complexity index is 1440. The number of hydrogen-bond donors (Lipinski definition) is 3. The molecule has 0 saturated heterocycles. The summed E-state index contributed by atoms with van der Waals surface area (Å²) in [6, 6.07) is 14.4. The van der Waals surface area contributed by atoms with Gasteiger partial charge in [-0.2, -0.15) is 0 Å². The van der Waals surface area contributed by atoms with E-state index in [0.717, 1.165) is 5.56 Å². The predicted octanol–water partition coefficient (Wildman–Crippen LogP) is 2.71. The molecular formula is C34H42N6O5. The number of amides is 4. The van der Waals surface area contributed by atoms with E-state index in [1.165, 1.54) is 0 Å². The number of carbonyl (C=O) groups excluding carboxylic acids is 4. The van der Waals surface area contributed by atoms with Gasteiger partial charge in [-0.15, -0.1) is 0 Å². The second-order valence-electron chi connectivity index (χ2n) is 11.7. The summed E-state index contributed by atoms with van der Waals surface area (Å²) in [4.78, 5) is 63.8. The first-order chi connectivity index (χ1) is 21.7. The fourth-order valence-electron chi connectivity index (χ4n) is 5.22. The van der Waals surface area contributed by atoms with Crippen molar-refractivity contribution in [2.75, 3.05) is 20.2 Å². The van der Waals surface area contributed by atoms with E-state index in [1.807, 2.05) is 44.2 Å². The molecule has 0 fully saturated rings. The molecule has 238 valence electrons. The SMILES string of the molecule is CC(C)C[C@@H]1NC(=O)CC[C@@H](C(=O)NCCc2cnccn2)NC(=O)c2ccccc2OC[C@@H](Cc2ccccc2)N(C)C1=O. The van der Waals surface area contributed by atoms with E-state index in [-0.39, 0.29) is 55.3 Å². The van der Waals surface area contributed by atoms with Crippen molar-refractivity contribution in [2.24, 2.45) is 5.92 Å². The van der Waals surface area contributed by atoms with Gasteiger partial charge in [0.15, 0.2) is 0 Å². The van der Waals surface area contributed by atoms with Crippen LogP contribution in [0, 0.1) is 5.92 Å². The highest BCUT2D eigenvalue weighted by atomic mass is 16.5. The highest BCUT2D eigenvalue weighted by Gasteiger charge is 2.31. The molecule has 11 nitrogen and oxygen atoms in total. The Balaban J connectivity index is 1.60. The van der Waals surface area contributed by atoms with Crippen LogP contribution in [0.15, 0.2) is 73.2 Å². The molecule has 2 heterocycles. The van der Waals surface area contributed by atoms with Crippen LogP contribution in [0.1, 0.15) is 54.7 Å². The van der Waals surface area contributed by atoms with Crippen LogP contribution in [-0.4, -0.2) is 76.8 Å². The standard InChI is InChI=1S/C34H42N6O5/c1-23(2)19-29-34(44)40(3)26(20-24-9-5-4-6-10-24)22-45-30-12-8-7-11-27(30)32(42)39-28(13-14-31(41)38-29)33(43)37-16-15-25-21-35-17-18-36-25/h4-12,17-18,21,23,26,28-29H,13-16,19-20,22H2,1-3H3,(H,37,43)(H,38,41)(H,39,42)/t26-,28+,29+/m1/s1. The first-order valence-electron chi connectivity index (χ1n) is 15.4. The molecule has 2 aromatic carbocycles. The van der Waals surface area contributed by atoms with Gasteiger partial charge in [0, 0.05) is 45.0 Å². The Labute approximate surface area is 264 Å². The van der Waals surface area contributed by atoms with Gasteiger partial charge in [-0.05, 0) is 42.9 Å². The topological polar surface area (TPSA) is 143 Å². The molecule has 45 heavy (non-hydrogen) atoms. The fourth-order valence-corrected chi connectivity index (χ4v) is 5.22. The third-order valence-corrected chi connectivity index (χ3v) is 7.69. The number of carbonyl (C=O) groups is 4. The number of rotatable bonds is 8. The number of benzene rings is 2. The summed E-state index contributed by atoms with van der Waals surface area (Å²) < 4.78 is 6.23. The van der Waals surface area contributed by atoms with E-state index in [1.54, 1.807) is 54.8 Å². The number of nitrogens with one attached hydrogen (secondary N) is 3. The largest absolute Gasteiger partial charge is 0.491 e. The molecule has 3 aromatic rings. The zero-order chi connectivity index (χ0) is 32.2. The number of hydrogen-bond acceptors (Lipinski definition) is 7. The summed E-state index contributed by atoms with van der Waals surface area (Å²) in [6.45, 7) is 4.37. The maximum atomic E-state index is 13.9. The molecule has 4 rings (SSSR count). The van der Waals surface area contributed by atoms with Gasteiger partial charge in [-0.1, -0.05) is 56.3 Å². The Morgan fingerprint density at radius 3 is 2.53 bits per heavy atom. The molecule has 0 aliphatic carbocycles. The lowest BCUT2D eigenvalue weighted by molar-refractivity contribution is -0.138. The lowest BCUT2D eigenvalue weighted by atomic mass is 10.00. The van der Waals surface area contributed by atoms with Crippen molar-refractivity contribution in [1.82, 2.24) is 30.8 Å². The van der Waals surface area contributed by atoms with Gasteiger partial charge in [-0.3, -0.25) is 29.1 Å². The van der Waals surface area contributed by atoms with E-state index in [9.17, 15) is 19.2 Å². The van der Waals surface area contributed by atoms with E-state index in [4.69, 9.17) is 4.74 Å². The summed E-state index contributed by atoms with van der Waals surface area (Å²) in [5.74, 6) is -1.06. The minimum Gasteiger partial charge on any atom is -0.491 e. The van der Waals surface area contributed by atoms with Crippen molar-refractivity contribution in [2.45, 2.75) is 64.1 Å². The predicted molar refractivity (Wildman–Crippen MR) is 169 cm³/mol. The number of nitrogens with zero attached hydrogens (tertiary/aromatic N) is 3. The van der Waals surface area contributed by atoms with Crippen molar-refractivity contribution in [1.29, 1.82) is 0 Å². The first-order valence-corrected chi connectivity index (χ1v) is 15.4. The summed E-state index contributed by atoms with van der Waals surface area (Å²) >= 11 is 0. The second-order valence-corrected chi connectivity index (χ2v) is 11.7. The second kappa shape index (κ2) is 16.3. The van der Waals surface area contributed by atoms with Gasteiger partial charge in [0.25, 0.3) is 5.91 Å². The molecule has 3 N–H and O–H groups in total. The molecule has 0 bridgehead atoms. The van der Waals surface area contributed by atoms with Crippen LogP contribution in [0.4, 0.5) is 0 Å². The zero-order valence-corrected chi connectivity index (χ0v) is 26.1. The molecule has 1 aliphatic rings. The number of para-hydroxylation sites is 1. The molecule has 0 radical (unpaired) electrons. The van der Waals surface area contributed by atoms with Crippen molar-refractivity contribution in [3.05, 3.63) is 90.0 Å². The normalized spacial score (nSPS) is 19.8. The smallest absolute Gasteiger partial charge is 0.255 e. The molecule has 0 spiro atoms. The average Bonchev–Trinajstić information content (AvgIpc) is 3.04. The lowest BCUT2D eigenvalue weighted by Gasteiger charge is -2.32. The van der Waals surface area contributed by atoms with Crippen molar-refractivity contribution >= 4 is 23.6 Å². The highest BCUT2D eigenvalue weighted by Crippen LogP contribution is 2.21. The Kier molecular flexibility index (Phi) is 12.0. The summed E-state index contributed by atoms with van der Waals surface area (Å²) in [7, 11) is 1.72. The van der Waals surface area contributed by atoms with Crippen molar-refractivity contribution in [3.63, 3.8) is 0 Å². The lowest BCUT2D eigenvalue weighted by Crippen LogP contribution is -2.53. The third kappa shape index (κ3) is 9.85. The molecular weight excluding hydrogens is 572 g/mol. The molecule has 4 amide bonds. The van der Waals surface area contributed by atoms with Crippen LogP contribution >= 0.6 is 0 Å². The first kappa shape index (κ1) is 33.1. The van der Waals surface area contributed by atoms with Gasteiger partial charge < -0.3 is 25.6 Å². The van der Waals surface area contributed by atoms with Crippen LogP contribution in [0.5, 0.6) is 5.75 Å². The minimum atomic E-state index is -1.00. The Morgan fingerprint density at radius 2 is 1.80 bits per heavy atom. The molecule has 1 aromatic heterocycles. The summed E-state index contributed by atoms with van der Waals surface area (Å²) in [6.07, 6.45) is 6.14. The van der Waals surface area contributed by atoms with E-state index < -0.39 is 23.9 Å². The van der Waals surface area contributed by atoms with Crippen LogP contribution in [0.3, 0.4) is 0 Å². The minimum absolute atomic E-state index is 0.0344. The van der Waals surface area contributed by atoms with Gasteiger partial charge in [0.05, 0.1) is 17.3 Å².